The zero-order chi connectivity index (χ0) is 14.0. The van der Waals surface area contributed by atoms with Gasteiger partial charge in [-0.05, 0) is 12.1 Å². The van der Waals surface area contributed by atoms with Gasteiger partial charge in [-0.3, -0.25) is 0 Å². The van der Waals surface area contributed by atoms with Crippen molar-refractivity contribution in [2.45, 2.75) is 4.90 Å². The van der Waals surface area contributed by atoms with Crippen LogP contribution in [0.2, 0.25) is 0 Å². The summed E-state index contributed by atoms with van der Waals surface area (Å²) >= 11 is 0. The van der Waals surface area contributed by atoms with E-state index in [1.54, 1.807) is 0 Å². The van der Waals surface area contributed by atoms with Crippen molar-refractivity contribution in [1.29, 1.82) is 0 Å². The van der Waals surface area contributed by atoms with Crippen LogP contribution in [0.15, 0.2) is 23.1 Å². The Morgan fingerprint density at radius 2 is 1.95 bits per heavy atom. The summed E-state index contributed by atoms with van der Waals surface area (Å²) in [6.07, 6.45) is 0. The Balaban J connectivity index is 2.46. The highest BCUT2D eigenvalue weighted by atomic mass is 32.2. The maximum absolute atomic E-state index is 12.4. The van der Waals surface area contributed by atoms with Gasteiger partial charge >= 0.3 is 5.97 Å². The Morgan fingerprint density at radius 3 is 2.53 bits per heavy atom. The zero-order valence-corrected chi connectivity index (χ0v) is 10.9. The van der Waals surface area contributed by atoms with E-state index in [1.807, 2.05) is 0 Å². The first-order chi connectivity index (χ1) is 8.94. The number of aromatic carboxylic acids is 1. The molecule has 8 heteroatoms. The highest BCUT2D eigenvalue weighted by Gasteiger charge is 2.29. The SMILES string of the molecule is Nc1c(C(=O)O)cccc1S(=O)(=O)N1CCOCC1. The lowest BCUT2D eigenvalue weighted by molar-refractivity contribution is 0.0697. The third-order valence-electron chi connectivity index (χ3n) is 2.88. The number of carboxylic acid groups (broad SMARTS) is 1. The molecule has 0 atom stereocenters. The lowest BCUT2D eigenvalue weighted by Crippen LogP contribution is -2.40. The number of ether oxygens (including phenoxy) is 1. The molecule has 3 N–H and O–H groups in total. The molecule has 0 radical (unpaired) electrons. The molecule has 1 aliphatic rings. The first-order valence-electron chi connectivity index (χ1n) is 5.64. The number of hydrogen-bond donors (Lipinski definition) is 2. The van der Waals surface area contributed by atoms with E-state index in [9.17, 15) is 13.2 Å². The predicted molar refractivity (Wildman–Crippen MR) is 67.4 cm³/mol. The Morgan fingerprint density at radius 1 is 1.32 bits per heavy atom. The van der Waals surface area contributed by atoms with Crippen molar-refractivity contribution in [3.05, 3.63) is 23.8 Å². The normalized spacial score (nSPS) is 17.3. The van der Waals surface area contributed by atoms with Gasteiger partial charge in [0.25, 0.3) is 0 Å². The van der Waals surface area contributed by atoms with Gasteiger partial charge in [0.15, 0.2) is 0 Å². The van der Waals surface area contributed by atoms with E-state index in [0.29, 0.717) is 13.2 Å². The quantitative estimate of drug-likeness (QED) is 0.756. The molecule has 7 nitrogen and oxygen atoms in total. The average molecular weight is 286 g/mol. The summed E-state index contributed by atoms with van der Waals surface area (Å²) in [7, 11) is -3.78. The largest absolute Gasteiger partial charge is 0.478 e. The van der Waals surface area contributed by atoms with Crippen LogP contribution < -0.4 is 5.73 Å². The van der Waals surface area contributed by atoms with Crippen molar-refractivity contribution in [3.8, 4) is 0 Å². The van der Waals surface area contributed by atoms with Crippen molar-refractivity contribution in [1.82, 2.24) is 4.31 Å². The topological polar surface area (TPSA) is 110 Å². The fraction of sp³-hybridized carbons (Fsp3) is 0.364. The molecule has 1 heterocycles. The van der Waals surface area contributed by atoms with Crippen LogP contribution >= 0.6 is 0 Å². The zero-order valence-electron chi connectivity index (χ0n) is 10.1. The van der Waals surface area contributed by atoms with Gasteiger partial charge in [0.05, 0.1) is 24.5 Å². The maximum atomic E-state index is 12.4. The van der Waals surface area contributed by atoms with Crippen LogP contribution in [0, 0.1) is 0 Å². The van der Waals surface area contributed by atoms with E-state index < -0.39 is 16.0 Å². The standard InChI is InChI=1S/C11H14N2O5S/c12-10-8(11(14)15)2-1-3-9(10)19(16,17)13-4-6-18-7-5-13/h1-3H,4-7,12H2,(H,14,15). The highest BCUT2D eigenvalue weighted by Crippen LogP contribution is 2.26. The Labute approximate surface area is 110 Å². The van der Waals surface area contributed by atoms with Crippen LogP contribution in [0.4, 0.5) is 5.69 Å². The number of benzene rings is 1. The summed E-state index contributed by atoms with van der Waals surface area (Å²) in [5.74, 6) is -1.25. The number of hydrogen-bond acceptors (Lipinski definition) is 5. The van der Waals surface area contributed by atoms with E-state index in [1.165, 1.54) is 22.5 Å². The number of carboxylic acids is 1. The average Bonchev–Trinajstić information content (AvgIpc) is 2.39. The Bertz CT molecular complexity index is 593. The number of morpholine rings is 1. The van der Waals surface area contributed by atoms with Crippen LogP contribution in [0.3, 0.4) is 0 Å². The minimum absolute atomic E-state index is 0.172. The van der Waals surface area contributed by atoms with E-state index >= 15 is 0 Å². The smallest absolute Gasteiger partial charge is 0.337 e. The molecule has 0 saturated carbocycles. The molecular formula is C11H14N2O5S. The molecule has 0 aliphatic carbocycles. The summed E-state index contributed by atoms with van der Waals surface area (Å²) < 4.78 is 31.1. The fourth-order valence-corrected chi connectivity index (χ4v) is 3.43. The molecule has 0 aromatic heterocycles. The molecule has 0 spiro atoms. The maximum Gasteiger partial charge on any atom is 0.337 e. The van der Waals surface area contributed by atoms with Crippen molar-refractivity contribution >= 4 is 21.7 Å². The Hall–Kier alpha value is -1.64. The minimum atomic E-state index is -3.78. The summed E-state index contributed by atoms with van der Waals surface area (Å²) in [6, 6.07) is 3.95. The van der Waals surface area contributed by atoms with Gasteiger partial charge in [-0.1, -0.05) is 6.07 Å². The van der Waals surface area contributed by atoms with Crippen molar-refractivity contribution < 1.29 is 23.1 Å². The van der Waals surface area contributed by atoms with Gasteiger partial charge in [0.2, 0.25) is 10.0 Å². The number of anilines is 1. The summed E-state index contributed by atoms with van der Waals surface area (Å²) in [5, 5.41) is 8.96. The monoisotopic (exact) mass is 286 g/mol. The lowest BCUT2D eigenvalue weighted by Gasteiger charge is -2.26. The van der Waals surface area contributed by atoms with Crippen LogP contribution in [-0.4, -0.2) is 50.1 Å². The van der Waals surface area contributed by atoms with E-state index in [2.05, 4.69) is 0 Å². The molecule has 1 aromatic carbocycles. The summed E-state index contributed by atoms with van der Waals surface area (Å²) in [6.45, 7) is 1.10. The number of para-hydroxylation sites is 1. The molecular weight excluding hydrogens is 272 g/mol. The highest BCUT2D eigenvalue weighted by molar-refractivity contribution is 7.89. The number of nitrogens with zero attached hydrogens (tertiary/aromatic N) is 1. The van der Waals surface area contributed by atoms with Crippen LogP contribution in [-0.2, 0) is 14.8 Å². The summed E-state index contributed by atoms with van der Waals surface area (Å²) in [4.78, 5) is 10.8. The van der Waals surface area contributed by atoms with Gasteiger partial charge in [-0.15, -0.1) is 0 Å². The molecule has 0 amide bonds. The molecule has 0 bridgehead atoms. The first-order valence-corrected chi connectivity index (χ1v) is 7.08. The van der Waals surface area contributed by atoms with Crippen LogP contribution in [0.25, 0.3) is 0 Å². The van der Waals surface area contributed by atoms with Crippen LogP contribution in [0.5, 0.6) is 0 Å². The fourth-order valence-electron chi connectivity index (χ4n) is 1.88. The number of carbonyl (C=O) groups is 1. The number of sulfonamides is 1. The minimum Gasteiger partial charge on any atom is -0.478 e. The molecule has 19 heavy (non-hydrogen) atoms. The van der Waals surface area contributed by atoms with E-state index in [-0.39, 0.29) is 29.2 Å². The van der Waals surface area contributed by atoms with Crippen molar-refractivity contribution in [2.24, 2.45) is 0 Å². The van der Waals surface area contributed by atoms with E-state index in [0.717, 1.165) is 0 Å². The van der Waals surface area contributed by atoms with Gasteiger partial charge in [-0.25, -0.2) is 13.2 Å². The number of nitrogens with two attached hydrogens (primary N) is 1. The third-order valence-corrected chi connectivity index (χ3v) is 4.84. The molecule has 2 rings (SSSR count). The molecule has 1 aromatic rings. The second kappa shape index (κ2) is 5.16. The van der Waals surface area contributed by atoms with Gasteiger partial charge in [0.1, 0.15) is 4.90 Å². The van der Waals surface area contributed by atoms with Crippen molar-refractivity contribution in [3.63, 3.8) is 0 Å². The first kappa shape index (κ1) is 13.8. The molecule has 1 saturated heterocycles. The molecule has 0 unspecified atom stereocenters. The second-order valence-corrected chi connectivity index (χ2v) is 5.95. The van der Waals surface area contributed by atoms with Crippen LogP contribution in [0.1, 0.15) is 10.4 Å². The lowest BCUT2D eigenvalue weighted by atomic mass is 10.2. The molecule has 1 aliphatic heterocycles. The number of rotatable bonds is 3. The van der Waals surface area contributed by atoms with Gasteiger partial charge in [-0.2, -0.15) is 4.31 Å². The van der Waals surface area contributed by atoms with Gasteiger partial charge < -0.3 is 15.6 Å². The second-order valence-electron chi connectivity index (χ2n) is 4.04. The van der Waals surface area contributed by atoms with Crippen molar-refractivity contribution in [2.75, 3.05) is 32.0 Å². The predicted octanol–water partition coefficient (Wildman–Crippen LogP) is -0.0121. The Kier molecular flexibility index (Phi) is 3.74. The summed E-state index contributed by atoms with van der Waals surface area (Å²) in [5.41, 5.74) is 5.21. The van der Waals surface area contributed by atoms with E-state index in [4.69, 9.17) is 15.6 Å². The number of nitrogen functional groups attached to an aromatic ring is 1. The molecule has 1 fully saturated rings. The van der Waals surface area contributed by atoms with Gasteiger partial charge in [0, 0.05) is 13.1 Å². The molecule has 104 valence electrons. The third kappa shape index (κ3) is 2.55.